The van der Waals surface area contributed by atoms with E-state index in [1.165, 1.54) is 4.31 Å². The molecule has 0 aliphatic carbocycles. The number of hydrogen-bond acceptors (Lipinski definition) is 4. The van der Waals surface area contributed by atoms with Gasteiger partial charge in [0.2, 0.25) is 15.9 Å². The second kappa shape index (κ2) is 10.4. The third-order valence-corrected chi connectivity index (χ3v) is 8.05. The zero-order chi connectivity index (χ0) is 23.3. The van der Waals surface area contributed by atoms with Gasteiger partial charge < -0.3 is 10.1 Å². The van der Waals surface area contributed by atoms with Crippen molar-refractivity contribution in [3.8, 4) is 5.75 Å². The van der Waals surface area contributed by atoms with E-state index in [1.807, 2.05) is 73.7 Å². The van der Waals surface area contributed by atoms with Crippen molar-refractivity contribution in [3.63, 3.8) is 0 Å². The van der Waals surface area contributed by atoms with Gasteiger partial charge in [0.15, 0.2) is 0 Å². The second-order valence-corrected chi connectivity index (χ2v) is 10.4. The minimum atomic E-state index is -3.40. The lowest BCUT2D eigenvalue weighted by atomic mass is 9.97. The molecule has 1 aliphatic rings. The summed E-state index contributed by atoms with van der Waals surface area (Å²) in [5, 5.41) is 5.10. The maximum atomic E-state index is 12.8. The predicted octanol–water partition coefficient (Wildman–Crippen LogP) is 3.89. The number of amides is 1. The van der Waals surface area contributed by atoms with Gasteiger partial charge in [0.05, 0.1) is 12.3 Å². The fraction of sp³-hybridized carbons (Fsp3) is 0.346. The van der Waals surface area contributed by atoms with Crippen LogP contribution in [-0.4, -0.2) is 44.9 Å². The van der Waals surface area contributed by atoms with E-state index >= 15 is 0 Å². The van der Waals surface area contributed by atoms with Gasteiger partial charge in [-0.25, -0.2) is 12.7 Å². The van der Waals surface area contributed by atoms with Crippen LogP contribution >= 0.6 is 0 Å². The molecule has 0 unspecified atom stereocenters. The Kier molecular flexibility index (Phi) is 7.30. The molecule has 3 aromatic rings. The van der Waals surface area contributed by atoms with Crippen LogP contribution in [-0.2, 0) is 20.6 Å². The molecule has 0 radical (unpaired) electrons. The van der Waals surface area contributed by atoms with Gasteiger partial charge in [0, 0.05) is 24.4 Å². The Labute approximate surface area is 195 Å². The van der Waals surface area contributed by atoms with Gasteiger partial charge in [-0.15, -0.1) is 0 Å². The number of nitrogens with one attached hydrogen (secondary N) is 1. The largest absolute Gasteiger partial charge is 0.491 e. The van der Waals surface area contributed by atoms with Gasteiger partial charge in [-0.3, -0.25) is 4.79 Å². The number of carbonyl (C=O) groups is 1. The molecule has 1 heterocycles. The Bertz CT molecular complexity index is 1210. The van der Waals surface area contributed by atoms with E-state index in [0.29, 0.717) is 39.1 Å². The molecule has 0 atom stereocenters. The Balaban J connectivity index is 1.23. The number of rotatable bonds is 8. The van der Waals surface area contributed by atoms with Gasteiger partial charge in [0.1, 0.15) is 12.4 Å². The Morgan fingerprint density at radius 1 is 1.00 bits per heavy atom. The number of nitrogens with zero attached hydrogens (tertiary/aromatic N) is 1. The average Bonchev–Trinajstić information content (AvgIpc) is 2.83. The molecule has 0 spiro atoms. The van der Waals surface area contributed by atoms with Crippen LogP contribution in [0.15, 0.2) is 66.7 Å². The van der Waals surface area contributed by atoms with Crippen molar-refractivity contribution in [3.05, 3.63) is 77.9 Å². The minimum Gasteiger partial charge on any atom is -0.491 e. The SMILES string of the molecule is Cc1ccccc1CS(=O)(=O)N1CCC(C(=O)NCCOc2cccc3ccccc23)CC1. The number of ether oxygens (including phenoxy) is 1. The molecule has 3 aromatic carbocycles. The number of piperidine rings is 1. The van der Waals surface area contributed by atoms with Crippen molar-refractivity contribution in [2.75, 3.05) is 26.2 Å². The molecular formula is C26H30N2O4S. The molecule has 174 valence electrons. The van der Waals surface area contributed by atoms with Crippen LogP contribution in [0.5, 0.6) is 5.75 Å². The topological polar surface area (TPSA) is 75.7 Å². The smallest absolute Gasteiger partial charge is 0.223 e. The molecule has 1 fully saturated rings. The fourth-order valence-electron chi connectivity index (χ4n) is 4.26. The lowest BCUT2D eigenvalue weighted by Gasteiger charge is -2.30. The average molecular weight is 467 g/mol. The zero-order valence-electron chi connectivity index (χ0n) is 18.9. The summed E-state index contributed by atoms with van der Waals surface area (Å²) in [6.45, 7) is 3.46. The van der Waals surface area contributed by atoms with Gasteiger partial charge in [0.25, 0.3) is 0 Å². The van der Waals surface area contributed by atoms with Crippen molar-refractivity contribution in [2.45, 2.75) is 25.5 Å². The molecule has 0 bridgehead atoms. The van der Waals surface area contributed by atoms with Crippen molar-refractivity contribution in [1.29, 1.82) is 0 Å². The number of benzene rings is 3. The Morgan fingerprint density at radius 3 is 2.48 bits per heavy atom. The summed E-state index contributed by atoms with van der Waals surface area (Å²) in [5.41, 5.74) is 1.80. The third-order valence-electron chi connectivity index (χ3n) is 6.23. The summed E-state index contributed by atoms with van der Waals surface area (Å²) in [5.74, 6) is 0.594. The van der Waals surface area contributed by atoms with E-state index in [1.54, 1.807) is 0 Å². The van der Waals surface area contributed by atoms with E-state index in [4.69, 9.17) is 4.74 Å². The van der Waals surface area contributed by atoms with Crippen molar-refractivity contribution >= 4 is 26.7 Å². The van der Waals surface area contributed by atoms with Gasteiger partial charge in [-0.05, 0) is 42.3 Å². The first-order valence-electron chi connectivity index (χ1n) is 11.3. The van der Waals surface area contributed by atoms with E-state index < -0.39 is 10.0 Å². The number of aryl methyl sites for hydroxylation is 1. The van der Waals surface area contributed by atoms with E-state index in [0.717, 1.165) is 27.6 Å². The number of carbonyl (C=O) groups excluding carboxylic acids is 1. The summed E-state index contributed by atoms with van der Waals surface area (Å²) >= 11 is 0. The fourth-order valence-corrected chi connectivity index (χ4v) is 5.92. The molecule has 0 saturated carbocycles. The maximum absolute atomic E-state index is 12.8. The van der Waals surface area contributed by atoms with Crippen LogP contribution in [0, 0.1) is 12.8 Å². The van der Waals surface area contributed by atoms with Crippen LogP contribution in [0.3, 0.4) is 0 Å². The van der Waals surface area contributed by atoms with Crippen LogP contribution < -0.4 is 10.1 Å². The van der Waals surface area contributed by atoms with E-state index in [9.17, 15) is 13.2 Å². The van der Waals surface area contributed by atoms with E-state index in [-0.39, 0.29) is 17.6 Å². The molecular weight excluding hydrogens is 436 g/mol. The lowest BCUT2D eigenvalue weighted by Crippen LogP contribution is -2.44. The standard InChI is InChI=1S/C26H30N2O4S/c1-20-7-2-3-9-23(20)19-33(30,31)28-16-13-22(14-17-28)26(29)27-15-18-32-25-12-6-10-21-8-4-5-11-24(21)25/h2-12,22H,13-19H2,1H3,(H,27,29). The molecule has 4 rings (SSSR count). The molecule has 0 aromatic heterocycles. The normalized spacial score (nSPS) is 15.4. The first-order chi connectivity index (χ1) is 15.9. The van der Waals surface area contributed by atoms with E-state index in [2.05, 4.69) is 5.32 Å². The van der Waals surface area contributed by atoms with Crippen LogP contribution in [0.25, 0.3) is 10.8 Å². The number of hydrogen-bond donors (Lipinski definition) is 1. The highest BCUT2D eigenvalue weighted by molar-refractivity contribution is 7.88. The first-order valence-corrected chi connectivity index (χ1v) is 13.0. The summed E-state index contributed by atoms with van der Waals surface area (Å²) in [7, 11) is -3.40. The Hall–Kier alpha value is -2.90. The van der Waals surface area contributed by atoms with Crippen LogP contribution in [0.2, 0.25) is 0 Å². The molecule has 6 nitrogen and oxygen atoms in total. The molecule has 1 saturated heterocycles. The third kappa shape index (κ3) is 5.72. The molecule has 7 heteroatoms. The van der Waals surface area contributed by atoms with Gasteiger partial charge in [-0.2, -0.15) is 0 Å². The highest BCUT2D eigenvalue weighted by Gasteiger charge is 2.31. The summed E-state index contributed by atoms with van der Waals surface area (Å²) in [6, 6.07) is 21.5. The Morgan fingerprint density at radius 2 is 1.70 bits per heavy atom. The van der Waals surface area contributed by atoms with Gasteiger partial charge >= 0.3 is 0 Å². The molecule has 1 N–H and O–H groups in total. The van der Waals surface area contributed by atoms with Crippen LogP contribution in [0.1, 0.15) is 24.0 Å². The molecule has 1 amide bonds. The second-order valence-electron chi connectivity index (χ2n) is 8.47. The van der Waals surface area contributed by atoms with Crippen LogP contribution in [0.4, 0.5) is 0 Å². The monoisotopic (exact) mass is 466 g/mol. The van der Waals surface area contributed by atoms with Crippen molar-refractivity contribution in [1.82, 2.24) is 9.62 Å². The number of sulfonamides is 1. The van der Waals surface area contributed by atoms with Crippen molar-refractivity contribution < 1.29 is 17.9 Å². The predicted molar refractivity (Wildman–Crippen MR) is 131 cm³/mol. The molecule has 1 aliphatic heterocycles. The first kappa shape index (κ1) is 23.3. The lowest BCUT2D eigenvalue weighted by molar-refractivity contribution is -0.126. The number of fused-ring (bicyclic) bond motifs is 1. The minimum absolute atomic E-state index is 0.00203. The van der Waals surface area contributed by atoms with Gasteiger partial charge in [-0.1, -0.05) is 60.7 Å². The summed E-state index contributed by atoms with van der Waals surface area (Å²) < 4.78 is 33.1. The highest BCUT2D eigenvalue weighted by atomic mass is 32.2. The summed E-state index contributed by atoms with van der Waals surface area (Å²) in [4.78, 5) is 12.6. The summed E-state index contributed by atoms with van der Waals surface area (Å²) in [6.07, 6.45) is 1.06. The quantitative estimate of drug-likeness (QED) is 0.511. The maximum Gasteiger partial charge on any atom is 0.223 e. The highest BCUT2D eigenvalue weighted by Crippen LogP contribution is 2.25. The van der Waals surface area contributed by atoms with Crippen molar-refractivity contribution in [2.24, 2.45) is 5.92 Å². The molecule has 33 heavy (non-hydrogen) atoms. The zero-order valence-corrected chi connectivity index (χ0v) is 19.7.